The molecule has 2 unspecified atom stereocenters. The molecule has 31 heavy (non-hydrogen) atoms. The Morgan fingerprint density at radius 3 is 2.39 bits per heavy atom. The molecule has 1 aliphatic carbocycles. The van der Waals surface area contributed by atoms with Crippen molar-refractivity contribution in [3.05, 3.63) is 35.1 Å². The first kappa shape index (κ1) is 22.9. The topological polar surface area (TPSA) is 55.8 Å². The Hall–Kier alpha value is -1.23. The summed E-state index contributed by atoms with van der Waals surface area (Å²) in [6.07, 6.45) is 4.51. The van der Waals surface area contributed by atoms with Crippen LogP contribution in [-0.4, -0.2) is 50.2 Å². The Morgan fingerprint density at radius 1 is 1.10 bits per heavy atom. The third-order valence-electron chi connectivity index (χ3n) is 6.89. The van der Waals surface area contributed by atoms with Gasteiger partial charge in [-0.2, -0.15) is 21.6 Å². The number of alkyl halides is 3. The summed E-state index contributed by atoms with van der Waals surface area (Å²) in [5, 5.41) is 0. The predicted molar refractivity (Wildman–Crippen MR) is 105 cm³/mol. The molecule has 4 atom stereocenters. The van der Waals surface area contributed by atoms with Crippen LogP contribution in [0.2, 0.25) is 0 Å². The van der Waals surface area contributed by atoms with E-state index >= 15 is 0 Å². The largest absolute Gasteiger partial charge is 0.523 e. The van der Waals surface area contributed by atoms with Crippen LogP contribution < -0.4 is 0 Å². The number of aryl methyl sites for hydroxylation is 1. The van der Waals surface area contributed by atoms with E-state index < -0.39 is 22.2 Å². The van der Waals surface area contributed by atoms with Gasteiger partial charge < -0.3 is 4.74 Å². The summed E-state index contributed by atoms with van der Waals surface area (Å²) in [6.45, 7) is 2.44. The Balaban J connectivity index is 1.24. The molecule has 2 aliphatic heterocycles. The molecular weight excluding hydrogens is 438 g/mol. The Labute approximate surface area is 179 Å². The van der Waals surface area contributed by atoms with Crippen molar-refractivity contribution < 1.29 is 34.9 Å². The highest BCUT2D eigenvalue weighted by molar-refractivity contribution is 7.87. The number of rotatable bonds is 8. The van der Waals surface area contributed by atoms with Crippen LogP contribution in [-0.2, 0) is 25.6 Å². The van der Waals surface area contributed by atoms with Crippen LogP contribution in [0.5, 0.6) is 0 Å². The molecule has 0 radical (unpaired) electrons. The van der Waals surface area contributed by atoms with E-state index in [9.17, 15) is 26.0 Å². The van der Waals surface area contributed by atoms with Gasteiger partial charge in [-0.1, -0.05) is 12.1 Å². The second kappa shape index (κ2) is 8.61. The van der Waals surface area contributed by atoms with Crippen molar-refractivity contribution in [3.8, 4) is 0 Å². The molecular formula is C21H27F4NO4S. The van der Waals surface area contributed by atoms with Gasteiger partial charge in [0.2, 0.25) is 0 Å². The molecule has 3 fully saturated rings. The van der Waals surface area contributed by atoms with Crippen molar-refractivity contribution in [3.63, 3.8) is 0 Å². The molecule has 0 spiro atoms. The SMILES string of the molecule is Cc1cccc(F)c1COC1CC2CCC(C1)N2C[C@@H]1C[C@H]1COS(=O)(=O)C(F)(F)F. The van der Waals surface area contributed by atoms with Crippen LogP contribution in [0.1, 0.15) is 43.2 Å². The van der Waals surface area contributed by atoms with Gasteiger partial charge in [-0.05, 0) is 62.5 Å². The molecule has 3 aliphatic rings. The molecule has 0 amide bonds. The Bertz CT molecular complexity index is 873. The molecule has 10 heteroatoms. The summed E-state index contributed by atoms with van der Waals surface area (Å²) in [4.78, 5) is 2.40. The third kappa shape index (κ3) is 5.07. The molecule has 5 nitrogen and oxygen atoms in total. The molecule has 1 aromatic rings. The Morgan fingerprint density at radius 2 is 1.77 bits per heavy atom. The van der Waals surface area contributed by atoms with Gasteiger partial charge in [-0.15, -0.1) is 0 Å². The van der Waals surface area contributed by atoms with E-state index in [-0.39, 0.29) is 30.4 Å². The van der Waals surface area contributed by atoms with Gasteiger partial charge in [0.1, 0.15) is 5.82 Å². The molecule has 174 valence electrons. The van der Waals surface area contributed by atoms with Crippen molar-refractivity contribution in [1.82, 2.24) is 4.90 Å². The van der Waals surface area contributed by atoms with E-state index in [1.807, 2.05) is 13.0 Å². The molecule has 2 saturated heterocycles. The molecule has 1 aromatic carbocycles. The van der Waals surface area contributed by atoms with Gasteiger partial charge in [-0.25, -0.2) is 4.39 Å². The van der Waals surface area contributed by atoms with Crippen molar-refractivity contribution >= 4 is 10.1 Å². The molecule has 0 aromatic heterocycles. The molecule has 4 rings (SSSR count). The van der Waals surface area contributed by atoms with E-state index in [1.54, 1.807) is 6.07 Å². The van der Waals surface area contributed by atoms with Gasteiger partial charge in [0.05, 0.1) is 19.3 Å². The zero-order valence-electron chi connectivity index (χ0n) is 17.3. The molecule has 2 bridgehead atoms. The number of halogens is 4. The zero-order valence-corrected chi connectivity index (χ0v) is 18.1. The molecule has 0 N–H and O–H groups in total. The van der Waals surface area contributed by atoms with Crippen molar-refractivity contribution in [2.24, 2.45) is 11.8 Å². The second-order valence-corrected chi connectivity index (χ2v) is 10.6. The van der Waals surface area contributed by atoms with Crippen LogP contribution >= 0.6 is 0 Å². The van der Waals surface area contributed by atoms with Crippen LogP contribution in [0.15, 0.2) is 18.2 Å². The highest BCUT2D eigenvalue weighted by Gasteiger charge is 2.50. The smallest absolute Gasteiger partial charge is 0.373 e. The second-order valence-electron chi connectivity index (χ2n) is 8.96. The lowest BCUT2D eigenvalue weighted by molar-refractivity contribution is -0.0546. The summed E-state index contributed by atoms with van der Waals surface area (Å²) in [5.74, 6) is -0.255. The van der Waals surface area contributed by atoms with E-state index in [1.165, 1.54) is 6.07 Å². The molecule has 1 saturated carbocycles. The first-order valence-electron chi connectivity index (χ1n) is 10.6. The van der Waals surface area contributed by atoms with Gasteiger partial charge in [-0.3, -0.25) is 9.08 Å². The maximum atomic E-state index is 14.0. The molecule has 2 heterocycles. The van der Waals surface area contributed by atoms with Crippen LogP contribution in [0.3, 0.4) is 0 Å². The highest BCUT2D eigenvalue weighted by atomic mass is 32.2. The number of ether oxygens (including phenoxy) is 1. The standard InChI is InChI=1S/C21H27F4NO4S/c1-13-3-2-4-20(22)19(13)12-29-18-8-16-5-6-17(9-18)26(16)10-14-7-15(14)11-30-31(27,28)21(23,24)25/h2-4,14-18H,5-12H2,1H3/t14-,15-,16?,17?,18?/m0/s1. The lowest BCUT2D eigenvalue weighted by Gasteiger charge is -2.39. The highest BCUT2D eigenvalue weighted by Crippen LogP contribution is 2.45. The third-order valence-corrected chi connectivity index (χ3v) is 7.91. The Kier molecular flexibility index (Phi) is 6.37. The normalized spacial score (nSPS) is 31.2. The van der Waals surface area contributed by atoms with E-state index in [2.05, 4.69) is 9.08 Å². The number of benzene rings is 1. The predicted octanol–water partition coefficient (Wildman–Crippen LogP) is 4.15. The minimum Gasteiger partial charge on any atom is -0.373 e. The first-order valence-corrected chi connectivity index (χ1v) is 12.0. The summed E-state index contributed by atoms with van der Waals surface area (Å²) < 4.78 is 83.5. The van der Waals surface area contributed by atoms with Crippen molar-refractivity contribution in [2.75, 3.05) is 13.2 Å². The van der Waals surface area contributed by atoms with Gasteiger partial charge in [0.15, 0.2) is 0 Å². The summed E-state index contributed by atoms with van der Waals surface area (Å²) in [5.41, 5.74) is -3.92. The fraction of sp³-hybridized carbons (Fsp3) is 0.714. The van der Waals surface area contributed by atoms with Gasteiger partial charge >= 0.3 is 15.6 Å². The fourth-order valence-corrected chi connectivity index (χ4v) is 5.45. The van der Waals surface area contributed by atoms with Crippen molar-refractivity contribution in [1.29, 1.82) is 0 Å². The average molecular weight is 466 g/mol. The number of hydrogen-bond acceptors (Lipinski definition) is 5. The summed E-state index contributed by atoms with van der Waals surface area (Å²) in [7, 11) is -5.52. The number of fused-ring (bicyclic) bond motifs is 2. The van der Waals surface area contributed by atoms with Crippen LogP contribution in [0.25, 0.3) is 0 Å². The van der Waals surface area contributed by atoms with Crippen LogP contribution in [0.4, 0.5) is 17.6 Å². The number of nitrogens with zero attached hydrogens (tertiary/aromatic N) is 1. The van der Waals surface area contributed by atoms with E-state index in [4.69, 9.17) is 4.74 Å². The summed E-state index contributed by atoms with van der Waals surface area (Å²) >= 11 is 0. The maximum absolute atomic E-state index is 14.0. The fourth-order valence-electron chi connectivity index (χ4n) is 4.96. The zero-order chi connectivity index (χ0) is 22.4. The number of hydrogen-bond donors (Lipinski definition) is 0. The van der Waals surface area contributed by atoms with Gasteiger partial charge in [0.25, 0.3) is 0 Å². The minimum absolute atomic E-state index is 0.0584. The van der Waals surface area contributed by atoms with Crippen LogP contribution in [0, 0.1) is 24.6 Å². The number of piperidine rings is 1. The van der Waals surface area contributed by atoms with Gasteiger partial charge in [0, 0.05) is 24.2 Å². The quantitative estimate of drug-likeness (QED) is 0.328. The monoisotopic (exact) mass is 465 g/mol. The lowest BCUT2D eigenvalue weighted by Crippen LogP contribution is -2.46. The minimum atomic E-state index is -5.52. The van der Waals surface area contributed by atoms with E-state index in [0.29, 0.717) is 24.1 Å². The first-order chi connectivity index (χ1) is 14.5. The summed E-state index contributed by atoms with van der Waals surface area (Å²) in [6, 6.07) is 5.66. The maximum Gasteiger partial charge on any atom is 0.523 e. The van der Waals surface area contributed by atoms with Crippen molar-refractivity contribution in [2.45, 2.75) is 69.3 Å². The average Bonchev–Trinajstić information content (AvgIpc) is 3.38. The van der Waals surface area contributed by atoms with E-state index in [0.717, 1.165) is 37.8 Å². The lowest BCUT2D eigenvalue weighted by atomic mass is 9.99.